The van der Waals surface area contributed by atoms with Crippen LogP contribution in [0, 0.1) is 13.8 Å². The molecule has 1 aliphatic rings. The summed E-state index contributed by atoms with van der Waals surface area (Å²) in [6.45, 7) is 8.09. The lowest BCUT2D eigenvalue weighted by Crippen LogP contribution is -2.33. The molecule has 1 amide bonds. The van der Waals surface area contributed by atoms with E-state index in [0.29, 0.717) is 29.2 Å². The lowest BCUT2D eigenvalue weighted by Gasteiger charge is -2.33. The minimum Gasteiger partial charge on any atom is -0.487 e. The second-order valence-corrected chi connectivity index (χ2v) is 9.36. The number of hydrogen-bond acceptors (Lipinski definition) is 6. The summed E-state index contributed by atoms with van der Waals surface area (Å²) in [7, 11) is 0. The van der Waals surface area contributed by atoms with Crippen LogP contribution in [0.3, 0.4) is 0 Å². The molecular weight excluding hydrogens is 414 g/mol. The van der Waals surface area contributed by atoms with Crippen LogP contribution in [0.15, 0.2) is 32.1 Å². The highest BCUT2D eigenvalue weighted by Crippen LogP contribution is 2.43. The zero-order valence-electron chi connectivity index (χ0n) is 18.3. The minimum absolute atomic E-state index is 0.126. The lowest BCUT2D eigenvalue weighted by molar-refractivity contribution is -0.123. The van der Waals surface area contributed by atoms with Gasteiger partial charge in [0.15, 0.2) is 6.61 Å². The fourth-order valence-corrected chi connectivity index (χ4v) is 4.53. The maximum absolute atomic E-state index is 12.3. The topological polar surface area (TPSA) is 77.8 Å². The number of nitrogens with one attached hydrogen (secondary N) is 1. The second-order valence-electron chi connectivity index (χ2n) is 8.58. The van der Waals surface area contributed by atoms with Gasteiger partial charge >= 0.3 is 5.63 Å². The molecule has 2 aromatic heterocycles. The van der Waals surface area contributed by atoms with Crippen LogP contribution in [-0.2, 0) is 17.6 Å². The number of carbonyl (C=O) groups excluding carboxylic acids is 1. The van der Waals surface area contributed by atoms with Gasteiger partial charge in [-0.05, 0) is 74.9 Å². The summed E-state index contributed by atoms with van der Waals surface area (Å²) >= 11 is 1.64. The predicted molar refractivity (Wildman–Crippen MR) is 122 cm³/mol. The molecule has 31 heavy (non-hydrogen) atoms. The van der Waals surface area contributed by atoms with Gasteiger partial charge < -0.3 is 19.2 Å². The van der Waals surface area contributed by atoms with Gasteiger partial charge in [0.05, 0.1) is 5.39 Å². The molecule has 0 radical (unpaired) electrons. The summed E-state index contributed by atoms with van der Waals surface area (Å²) in [5.41, 5.74) is 3.22. The summed E-state index contributed by atoms with van der Waals surface area (Å²) in [6, 6.07) is 3.87. The number of thiophene rings is 1. The Bertz CT molecular complexity index is 1180. The smallest absolute Gasteiger partial charge is 0.339 e. The highest BCUT2D eigenvalue weighted by molar-refractivity contribution is 7.07. The fourth-order valence-electron chi connectivity index (χ4n) is 3.82. The summed E-state index contributed by atoms with van der Waals surface area (Å²) in [4.78, 5) is 24.7. The van der Waals surface area contributed by atoms with Crippen molar-refractivity contribution in [3.05, 3.63) is 55.6 Å². The summed E-state index contributed by atoms with van der Waals surface area (Å²) in [5, 5.41) is 7.71. The third-order valence-corrected chi connectivity index (χ3v) is 6.52. The van der Waals surface area contributed by atoms with E-state index in [1.807, 2.05) is 38.3 Å². The van der Waals surface area contributed by atoms with Crippen LogP contribution in [0.4, 0.5) is 0 Å². The number of fused-ring (bicyclic) bond motifs is 3. The first-order chi connectivity index (χ1) is 14.7. The maximum Gasteiger partial charge on any atom is 0.339 e. The predicted octanol–water partition coefficient (Wildman–Crippen LogP) is 4.31. The van der Waals surface area contributed by atoms with Crippen LogP contribution in [0.1, 0.15) is 42.5 Å². The first-order valence-electron chi connectivity index (χ1n) is 10.4. The van der Waals surface area contributed by atoms with Crippen molar-refractivity contribution in [3.63, 3.8) is 0 Å². The van der Waals surface area contributed by atoms with Crippen molar-refractivity contribution in [2.24, 2.45) is 0 Å². The number of amides is 1. The van der Waals surface area contributed by atoms with Crippen molar-refractivity contribution >= 4 is 28.2 Å². The van der Waals surface area contributed by atoms with Crippen LogP contribution >= 0.6 is 11.3 Å². The SMILES string of the molecule is Cc1c(C)c2c(OCC(=O)NCCc3ccsc3)cc3c(c2oc1=O)CCC(C)(C)O3. The lowest BCUT2D eigenvalue weighted by atomic mass is 9.92. The molecule has 0 saturated carbocycles. The Labute approximate surface area is 185 Å². The molecule has 0 unspecified atom stereocenters. The number of hydrogen-bond donors (Lipinski definition) is 1. The van der Waals surface area contributed by atoms with E-state index < -0.39 is 0 Å². The van der Waals surface area contributed by atoms with Crippen molar-refractivity contribution in [1.29, 1.82) is 0 Å². The molecule has 0 aliphatic carbocycles. The largest absolute Gasteiger partial charge is 0.487 e. The van der Waals surface area contributed by atoms with Gasteiger partial charge in [-0.2, -0.15) is 11.3 Å². The Hall–Kier alpha value is -2.80. The van der Waals surface area contributed by atoms with Crippen LogP contribution in [0.5, 0.6) is 11.5 Å². The van der Waals surface area contributed by atoms with Gasteiger partial charge in [0.25, 0.3) is 5.91 Å². The summed E-state index contributed by atoms with van der Waals surface area (Å²) in [5.74, 6) is 0.931. The van der Waals surface area contributed by atoms with Gasteiger partial charge in [0, 0.05) is 23.7 Å². The molecule has 0 spiro atoms. The van der Waals surface area contributed by atoms with E-state index in [0.717, 1.165) is 35.8 Å². The zero-order chi connectivity index (χ0) is 22.2. The minimum atomic E-state index is -0.361. The van der Waals surface area contributed by atoms with Gasteiger partial charge in [-0.1, -0.05) is 0 Å². The highest BCUT2D eigenvalue weighted by atomic mass is 32.1. The Balaban J connectivity index is 1.59. The number of benzene rings is 1. The monoisotopic (exact) mass is 441 g/mol. The van der Waals surface area contributed by atoms with Crippen LogP contribution in [0.25, 0.3) is 11.0 Å². The van der Waals surface area contributed by atoms with E-state index in [-0.39, 0.29) is 23.7 Å². The fraction of sp³-hybridized carbons (Fsp3) is 0.417. The van der Waals surface area contributed by atoms with Crippen LogP contribution in [0.2, 0.25) is 0 Å². The van der Waals surface area contributed by atoms with Gasteiger partial charge in [0.2, 0.25) is 0 Å². The average molecular weight is 442 g/mol. The number of rotatable bonds is 6. The molecule has 164 valence electrons. The van der Waals surface area contributed by atoms with Gasteiger partial charge in [-0.25, -0.2) is 4.79 Å². The molecular formula is C24H27NO5S. The molecule has 0 saturated heterocycles. The Morgan fingerprint density at radius 1 is 1.29 bits per heavy atom. The first kappa shape index (κ1) is 21.4. The van der Waals surface area contributed by atoms with E-state index in [1.165, 1.54) is 5.56 Å². The quantitative estimate of drug-likeness (QED) is 0.577. The molecule has 0 fully saturated rings. The van der Waals surface area contributed by atoms with Crippen molar-refractivity contribution in [2.45, 2.75) is 52.6 Å². The average Bonchev–Trinajstić information content (AvgIpc) is 3.22. The third-order valence-electron chi connectivity index (χ3n) is 5.78. The first-order valence-corrected chi connectivity index (χ1v) is 11.4. The van der Waals surface area contributed by atoms with E-state index in [2.05, 4.69) is 10.7 Å². The molecule has 3 aromatic rings. The number of carbonyl (C=O) groups is 1. The molecule has 0 bridgehead atoms. The summed E-state index contributed by atoms with van der Waals surface area (Å²) in [6.07, 6.45) is 2.34. The molecule has 1 aromatic carbocycles. The van der Waals surface area contributed by atoms with Crippen molar-refractivity contribution in [2.75, 3.05) is 13.2 Å². The second kappa shape index (κ2) is 8.38. The van der Waals surface area contributed by atoms with Crippen LogP contribution < -0.4 is 20.4 Å². The maximum atomic E-state index is 12.3. The summed E-state index contributed by atoms with van der Waals surface area (Å²) < 4.78 is 17.8. The molecule has 1 aliphatic heterocycles. The van der Waals surface area contributed by atoms with Crippen molar-refractivity contribution < 1.29 is 18.7 Å². The molecule has 4 rings (SSSR count). The molecule has 3 heterocycles. The van der Waals surface area contributed by atoms with Gasteiger partial charge in [-0.3, -0.25) is 4.79 Å². The van der Waals surface area contributed by atoms with Gasteiger partial charge in [0.1, 0.15) is 22.7 Å². The molecule has 1 N–H and O–H groups in total. The van der Waals surface area contributed by atoms with E-state index in [1.54, 1.807) is 18.3 Å². The Morgan fingerprint density at radius 3 is 2.84 bits per heavy atom. The van der Waals surface area contributed by atoms with Crippen LogP contribution in [-0.4, -0.2) is 24.7 Å². The molecule has 0 atom stereocenters. The zero-order valence-corrected chi connectivity index (χ0v) is 19.1. The van der Waals surface area contributed by atoms with E-state index >= 15 is 0 Å². The van der Waals surface area contributed by atoms with Crippen molar-refractivity contribution in [1.82, 2.24) is 5.32 Å². The van der Waals surface area contributed by atoms with E-state index in [4.69, 9.17) is 13.9 Å². The molecule has 7 heteroatoms. The molecule has 6 nitrogen and oxygen atoms in total. The van der Waals surface area contributed by atoms with Crippen molar-refractivity contribution in [3.8, 4) is 11.5 Å². The normalized spacial score (nSPS) is 14.7. The number of aryl methyl sites for hydroxylation is 2. The Morgan fingerprint density at radius 2 is 2.10 bits per heavy atom. The highest BCUT2D eigenvalue weighted by Gasteiger charge is 2.31. The third kappa shape index (κ3) is 4.46. The van der Waals surface area contributed by atoms with E-state index in [9.17, 15) is 9.59 Å². The van der Waals surface area contributed by atoms with Gasteiger partial charge in [-0.15, -0.1) is 0 Å². The number of ether oxygens (including phenoxy) is 2. The standard InChI is InChI=1S/C24H27NO5S/c1-14-15(2)23(27)29-22-17-5-8-24(3,4)30-18(17)11-19(21(14)22)28-12-20(26)25-9-6-16-7-10-31-13-16/h7,10-11,13H,5-6,8-9,12H2,1-4H3,(H,25,26). The Kier molecular flexibility index (Phi) is 5.79.